The summed E-state index contributed by atoms with van der Waals surface area (Å²) in [6.07, 6.45) is 5.10. The molecule has 2 aliphatic rings. The third kappa shape index (κ3) is 6.82. The fraction of sp³-hybridized carbons (Fsp3) is 0.619. The summed E-state index contributed by atoms with van der Waals surface area (Å²) in [6, 6.07) is 8.32. The smallest absolute Gasteiger partial charge is 0.224 e. The molecule has 1 atom stereocenters. The molecule has 1 unspecified atom stereocenters. The van der Waals surface area contributed by atoms with E-state index in [0.29, 0.717) is 12.5 Å². The number of rotatable bonds is 7. The van der Waals surface area contributed by atoms with Crippen LogP contribution in [0.15, 0.2) is 24.3 Å². The molecule has 1 aliphatic carbocycles. The minimum atomic E-state index is -0.258. The summed E-state index contributed by atoms with van der Waals surface area (Å²) < 4.78 is 0. The Morgan fingerprint density at radius 3 is 2.30 bits per heavy atom. The van der Waals surface area contributed by atoms with Gasteiger partial charge in [-0.05, 0) is 50.6 Å². The molecule has 0 spiro atoms. The number of nitrogens with one attached hydrogen (secondary N) is 2. The van der Waals surface area contributed by atoms with Gasteiger partial charge in [0.1, 0.15) is 0 Å². The normalized spacial score (nSPS) is 18.5. The van der Waals surface area contributed by atoms with Crippen LogP contribution < -0.4 is 10.6 Å². The lowest BCUT2D eigenvalue weighted by Crippen LogP contribution is -2.46. The highest BCUT2D eigenvalue weighted by atomic mass is 35.5. The van der Waals surface area contributed by atoms with Crippen molar-refractivity contribution in [3.8, 4) is 0 Å². The highest BCUT2D eigenvalue weighted by Crippen LogP contribution is 2.28. The van der Waals surface area contributed by atoms with Gasteiger partial charge in [-0.15, -0.1) is 12.4 Å². The quantitative estimate of drug-likeness (QED) is 0.748. The van der Waals surface area contributed by atoms with Crippen LogP contribution >= 0.6 is 12.4 Å². The molecule has 0 radical (unpaired) electrons. The summed E-state index contributed by atoms with van der Waals surface area (Å²) in [7, 11) is 0. The van der Waals surface area contributed by atoms with Crippen LogP contribution in [0, 0.1) is 12.8 Å². The van der Waals surface area contributed by atoms with Gasteiger partial charge in [-0.1, -0.05) is 29.8 Å². The number of aryl methyl sites for hydroxylation is 1. The second-order valence-corrected chi connectivity index (χ2v) is 7.87. The number of hydrogen-bond donors (Lipinski definition) is 2. The monoisotopic (exact) mass is 393 g/mol. The Balaban J connectivity index is 0.00000261. The van der Waals surface area contributed by atoms with Crippen LogP contribution in [0.3, 0.4) is 0 Å². The number of carbonyl (C=O) groups excluding carboxylic acids is 2. The standard InChI is InChI=1S/C21H31N3O2.ClH/c1-15-3-7-18(8-4-15)20(23-16(2)25)13-21(26)24-11-9-19(10-12-24)22-14-17-5-6-17;/h3-4,7-8,17,19-20,22H,5-6,9-14H2,1-2H3,(H,23,25);1H. The van der Waals surface area contributed by atoms with Crippen molar-refractivity contribution < 1.29 is 9.59 Å². The molecule has 5 nitrogen and oxygen atoms in total. The Hall–Kier alpha value is -1.59. The van der Waals surface area contributed by atoms with Crippen molar-refractivity contribution in [2.45, 2.75) is 58.0 Å². The van der Waals surface area contributed by atoms with Gasteiger partial charge in [0.2, 0.25) is 11.8 Å². The third-order valence-corrected chi connectivity index (χ3v) is 5.48. The number of piperidine rings is 1. The predicted molar refractivity (Wildman–Crippen MR) is 110 cm³/mol. The Morgan fingerprint density at radius 2 is 1.74 bits per heavy atom. The lowest BCUT2D eigenvalue weighted by atomic mass is 10.00. The molecule has 0 aromatic heterocycles. The molecular formula is C21H32ClN3O2. The van der Waals surface area contributed by atoms with Gasteiger partial charge in [0.15, 0.2) is 0 Å². The number of hydrogen-bond acceptors (Lipinski definition) is 3. The average molecular weight is 394 g/mol. The minimum absolute atomic E-state index is 0. The van der Waals surface area contributed by atoms with E-state index < -0.39 is 0 Å². The van der Waals surface area contributed by atoms with E-state index in [1.165, 1.54) is 25.3 Å². The Morgan fingerprint density at radius 1 is 1.11 bits per heavy atom. The fourth-order valence-electron chi connectivity index (χ4n) is 3.59. The van der Waals surface area contributed by atoms with Crippen molar-refractivity contribution in [3.05, 3.63) is 35.4 Å². The van der Waals surface area contributed by atoms with E-state index in [2.05, 4.69) is 10.6 Å². The van der Waals surface area contributed by atoms with Crippen molar-refractivity contribution in [2.24, 2.45) is 5.92 Å². The highest BCUT2D eigenvalue weighted by molar-refractivity contribution is 5.85. The molecule has 2 amide bonds. The summed E-state index contributed by atoms with van der Waals surface area (Å²) in [5.74, 6) is 0.916. The maximum Gasteiger partial charge on any atom is 0.224 e. The highest BCUT2D eigenvalue weighted by Gasteiger charge is 2.27. The number of halogens is 1. The first-order valence-corrected chi connectivity index (χ1v) is 9.86. The average Bonchev–Trinajstić information content (AvgIpc) is 3.44. The topological polar surface area (TPSA) is 61.4 Å². The molecule has 0 bridgehead atoms. The molecule has 27 heavy (non-hydrogen) atoms. The van der Waals surface area contributed by atoms with Crippen molar-refractivity contribution in [1.82, 2.24) is 15.5 Å². The van der Waals surface area contributed by atoms with E-state index in [9.17, 15) is 9.59 Å². The molecule has 150 valence electrons. The van der Waals surface area contributed by atoms with E-state index in [0.717, 1.165) is 44.0 Å². The Labute approximate surface area is 168 Å². The van der Waals surface area contributed by atoms with Gasteiger partial charge in [-0.25, -0.2) is 0 Å². The van der Waals surface area contributed by atoms with Crippen molar-refractivity contribution in [1.29, 1.82) is 0 Å². The molecule has 2 N–H and O–H groups in total. The van der Waals surface area contributed by atoms with Crippen LogP contribution in [-0.4, -0.2) is 42.4 Å². The van der Waals surface area contributed by atoms with Crippen LogP contribution in [0.25, 0.3) is 0 Å². The lowest BCUT2D eigenvalue weighted by molar-refractivity contribution is -0.133. The third-order valence-electron chi connectivity index (χ3n) is 5.48. The lowest BCUT2D eigenvalue weighted by Gasteiger charge is -2.33. The molecular weight excluding hydrogens is 362 g/mol. The summed E-state index contributed by atoms with van der Waals surface area (Å²) in [4.78, 5) is 26.3. The molecule has 2 fully saturated rings. The van der Waals surface area contributed by atoms with Gasteiger partial charge in [0.25, 0.3) is 0 Å². The zero-order valence-corrected chi connectivity index (χ0v) is 17.2. The summed E-state index contributed by atoms with van der Waals surface area (Å²) in [6.45, 7) is 6.28. The first kappa shape index (κ1) is 21.7. The number of carbonyl (C=O) groups is 2. The first-order chi connectivity index (χ1) is 12.5. The summed E-state index contributed by atoms with van der Waals surface area (Å²) in [5.41, 5.74) is 2.16. The van der Waals surface area contributed by atoms with Gasteiger partial charge in [0, 0.05) is 26.1 Å². The van der Waals surface area contributed by atoms with Crippen LogP contribution in [0.1, 0.15) is 56.2 Å². The maximum atomic E-state index is 12.8. The van der Waals surface area contributed by atoms with E-state index in [4.69, 9.17) is 0 Å². The van der Waals surface area contributed by atoms with Gasteiger partial charge in [0.05, 0.1) is 12.5 Å². The molecule has 1 aromatic carbocycles. The minimum Gasteiger partial charge on any atom is -0.349 e. The van der Waals surface area contributed by atoms with Crippen LogP contribution in [-0.2, 0) is 9.59 Å². The van der Waals surface area contributed by atoms with Crippen molar-refractivity contribution >= 4 is 24.2 Å². The maximum absolute atomic E-state index is 12.8. The van der Waals surface area contributed by atoms with Gasteiger partial charge in [-0.2, -0.15) is 0 Å². The number of nitrogens with zero attached hydrogens (tertiary/aromatic N) is 1. The molecule has 1 saturated heterocycles. The predicted octanol–water partition coefficient (Wildman–Crippen LogP) is 2.97. The molecule has 6 heteroatoms. The van der Waals surface area contributed by atoms with E-state index in [1.54, 1.807) is 0 Å². The van der Waals surface area contributed by atoms with Crippen molar-refractivity contribution in [3.63, 3.8) is 0 Å². The molecule has 1 aromatic rings. The van der Waals surface area contributed by atoms with Gasteiger partial charge >= 0.3 is 0 Å². The number of amides is 2. The van der Waals surface area contributed by atoms with E-state index >= 15 is 0 Å². The summed E-state index contributed by atoms with van der Waals surface area (Å²) >= 11 is 0. The zero-order valence-electron chi connectivity index (χ0n) is 16.4. The first-order valence-electron chi connectivity index (χ1n) is 9.86. The summed E-state index contributed by atoms with van der Waals surface area (Å²) in [5, 5.41) is 6.58. The van der Waals surface area contributed by atoms with Gasteiger partial charge < -0.3 is 15.5 Å². The van der Waals surface area contributed by atoms with E-state index in [1.807, 2.05) is 36.1 Å². The number of likely N-dealkylation sites (tertiary alicyclic amines) is 1. The Kier molecular flexibility index (Phi) is 8.11. The molecule has 1 saturated carbocycles. The van der Waals surface area contributed by atoms with Gasteiger partial charge in [-0.3, -0.25) is 9.59 Å². The van der Waals surface area contributed by atoms with Crippen LogP contribution in [0.5, 0.6) is 0 Å². The van der Waals surface area contributed by atoms with Crippen molar-refractivity contribution in [2.75, 3.05) is 19.6 Å². The SMILES string of the molecule is CC(=O)NC(CC(=O)N1CCC(NCC2CC2)CC1)c1ccc(C)cc1.Cl. The number of benzene rings is 1. The molecule has 3 rings (SSSR count). The van der Waals surface area contributed by atoms with Crippen LogP contribution in [0.2, 0.25) is 0 Å². The Bertz CT molecular complexity index is 623. The largest absolute Gasteiger partial charge is 0.349 e. The fourth-order valence-corrected chi connectivity index (χ4v) is 3.59. The van der Waals surface area contributed by atoms with E-state index in [-0.39, 0.29) is 30.3 Å². The molecule has 1 heterocycles. The molecule has 1 aliphatic heterocycles. The second-order valence-electron chi connectivity index (χ2n) is 7.87. The zero-order chi connectivity index (χ0) is 18.5. The second kappa shape index (κ2) is 10.1. The van der Waals surface area contributed by atoms with Crippen LogP contribution in [0.4, 0.5) is 0 Å².